The van der Waals surface area contributed by atoms with Crippen molar-refractivity contribution in [3.05, 3.63) is 53.3 Å². The van der Waals surface area contributed by atoms with Gasteiger partial charge >= 0.3 is 5.97 Å². The summed E-state index contributed by atoms with van der Waals surface area (Å²) in [4.78, 5) is 15.9. The predicted octanol–water partition coefficient (Wildman–Crippen LogP) is 2.65. The zero-order valence-corrected chi connectivity index (χ0v) is 15.9. The Morgan fingerprint density at radius 2 is 1.69 bits per heavy atom. The number of aromatic carboxylic acids is 1. The minimum atomic E-state index is -0.868. The van der Waals surface area contributed by atoms with Crippen molar-refractivity contribution < 1.29 is 9.90 Å². The Hall–Kier alpha value is -2.18. The first-order chi connectivity index (χ1) is 12.3. The molecule has 1 saturated heterocycles. The summed E-state index contributed by atoms with van der Waals surface area (Å²) in [6, 6.07) is 7.23. The van der Waals surface area contributed by atoms with Crippen molar-refractivity contribution in [2.24, 2.45) is 0 Å². The first-order valence-corrected chi connectivity index (χ1v) is 9.12. The summed E-state index contributed by atoms with van der Waals surface area (Å²) in [6.45, 7) is 12.2. The van der Waals surface area contributed by atoms with E-state index in [1.54, 1.807) is 12.1 Å². The number of nitrogens with zero attached hydrogens (tertiary/aromatic N) is 4. The van der Waals surface area contributed by atoms with Gasteiger partial charge in [0.05, 0.1) is 17.3 Å². The molecule has 0 spiro atoms. The first kappa shape index (κ1) is 18.6. The molecule has 0 amide bonds. The second-order valence-electron chi connectivity index (χ2n) is 8.02. The van der Waals surface area contributed by atoms with Crippen LogP contribution < -0.4 is 0 Å². The minimum Gasteiger partial charge on any atom is -0.478 e. The molecule has 0 radical (unpaired) electrons. The molecule has 3 rings (SSSR count). The summed E-state index contributed by atoms with van der Waals surface area (Å²) in [5.41, 5.74) is 2.69. The molecule has 1 aliphatic heterocycles. The lowest BCUT2D eigenvalue weighted by Gasteiger charge is -2.34. The smallest absolute Gasteiger partial charge is 0.335 e. The van der Waals surface area contributed by atoms with Crippen LogP contribution >= 0.6 is 0 Å². The number of carbonyl (C=O) groups is 1. The number of hydrogen-bond donors (Lipinski definition) is 1. The molecule has 6 heteroatoms. The molecule has 0 aliphatic carbocycles. The van der Waals surface area contributed by atoms with Crippen molar-refractivity contribution in [2.45, 2.75) is 39.4 Å². The van der Waals surface area contributed by atoms with Crippen molar-refractivity contribution >= 4 is 5.97 Å². The molecule has 0 bridgehead atoms. The average Bonchev–Trinajstić information content (AvgIpc) is 3.06. The number of rotatable bonds is 5. The van der Waals surface area contributed by atoms with E-state index in [4.69, 9.17) is 5.11 Å². The fraction of sp³-hybridized carbons (Fsp3) is 0.500. The quantitative estimate of drug-likeness (QED) is 0.892. The van der Waals surface area contributed by atoms with Gasteiger partial charge in [0.15, 0.2) is 0 Å². The van der Waals surface area contributed by atoms with E-state index in [0.29, 0.717) is 5.56 Å². The van der Waals surface area contributed by atoms with E-state index in [0.717, 1.165) is 44.8 Å². The van der Waals surface area contributed by atoms with Crippen LogP contribution in [0.25, 0.3) is 0 Å². The molecule has 0 saturated carbocycles. The van der Waals surface area contributed by atoms with E-state index >= 15 is 0 Å². The summed E-state index contributed by atoms with van der Waals surface area (Å²) in [5.74, 6) is -0.868. The molecule has 26 heavy (non-hydrogen) atoms. The van der Waals surface area contributed by atoms with Crippen molar-refractivity contribution in [3.63, 3.8) is 0 Å². The summed E-state index contributed by atoms with van der Waals surface area (Å²) in [6.07, 6.45) is 4.11. The third kappa shape index (κ3) is 4.71. The summed E-state index contributed by atoms with van der Waals surface area (Å²) < 4.78 is 2.02. The summed E-state index contributed by atoms with van der Waals surface area (Å²) in [7, 11) is 0. The zero-order chi connectivity index (χ0) is 18.7. The number of hydrogen-bond acceptors (Lipinski definition) is 4. The van der Waals surface area contributed by atoms with Gasteiger partial charge in [-0.3, -0.25) is 14.5 Å². The van der Waals surface area contributed by atoms with E-state index < -0.39 is 5.97 Å². The Labute approximate surface area is 155 Å². The molecule has 1 N–H and O–H groups in total. The highest BCUT2D eigenvalue weighted by Crippen LogP contribution is 2.16. The maximum atomic E-state index is 11.1. The van der Waals surface area contributed by atoms with E-state index in [-0.39, 0.29) is 5.54 Å². The Kier molecular flexibility index (Phi) is 5.44. The maximum Gasteiger partial charge on any atom is 0.335 e. The molecule has 1 aromatic heterocycles. The van der Waals surface area contributed by atoms with Crippen LogP contribution in [0.15, 0.2) is 36.7 Å². The highest BCUT2D eigenvalue weighted by atomic mass is 16.4. The lowest BCUT2D eigenvalue weighted by Crippen LogP contribution is -2.45. The predicted molar refractivity (Wildman–Crippen MR) is 101 cm³/mol. The number of benzene rings is 1. The van der Waals surface area contributed by atoms with E-state index in [1.807, 2.05) is 23.0 Å². The van der Waals surface area contributed by atoms with Gasteiger partial charge in [-0.1, -0.05) is 12.1 Å². The van der Waals surface area contributed by atoms with Crippen LogP contribution in [0, 0.1) is 0 Å². The van der Waals surface area contributed by atoms with Gasteiger partial charge in [-0.25, -0.2) is 4.79 Å². The molecule has 0 atom stereocenters. The molecule has 2 heterocycles. The fourth-order valence-corrected chi connectivity index (χ4v) is 3.23. The third-order valence-electron chi connectivity index (χ3n) is 4.77. The number of piperazine rings is 1. The molecule has 1 aliphatic rings. The Morgan fingerprint density at radius 3 is 2.23 bits per heavy atom. The largest absolute Gasteiger partial charge is 0.478 e. The summed E-state index contributed by atoms with van der Waals surface area (Å²) >= 11 is 0. The Morgan fingerprint density at radius 1 is 1.08 bits per heavy atom. The third-order valence-corrected chi connectivity index (χ3v) is 4.77. The standard InChI is InChI=1S/C20H28N4O2/c1-20(2,3)24-15-17(12-21-24)14-23-9-7-22(8-10-23)13-16-5-4-6-18(11-16)19(25)26/h4-6,11-12,15H,7-10,13-14H2,1-3H3,(H,25,26). The molecule has 2 aromatic rings. The van der Waals surface area contributed by atoms with Crippen LogP contribution in [0.3, 0.4) is 0 Å². The van der Waals surface area contributed by atoms with Gasteiger partial charge < -0.3 is 5.11 Å². The second kappa shape index (κ2) is 7.60. The lowest BCUT2D eigenvalue weighted by atomic mass is 10.1. The topological polar surface area (TPSA) is 61.6 Å². The van der Waals surface area contributed by atoms with Crippen molar-refractivity contribution in [1.82, 2.24) is 19.6 Å². The van der Waals surface area contributed by atoms with Crippen LogP contribution in [0.2, 0.25) is 0 Å². The molecule has 1 fully saturated rings. The van der Waals surface area contributed by atoms with Crippen molar-refractivity contribution in [1.29, 1.82) is 0 Å². The van der Waals surface area contributed by atoms with Gasteiger partial charge in [-0.2, -0.15) is 5.10 Å². The lowest BCUT2D eigenvalue weighted by molar-refractivity contribution is 0.0696. The number of carboxylic acid groups (broad SMARTS) is 1. The van der Waals surface area contributed by atoms with Gasteiger partial charge in [0.1, 0.15) is 0 Å². The van der Waals surface area contributed by atoms with Gasteiger partial charge in [-0.05, 0) is 38.5 Å². The van der Waals surface area contributed by atoms with E-state index in [2.05, 4.69) is 41.9 Å². The van der Waals surface area contributed by atoms with Gasteiger partial charge in [0, 0.05) is 51.0 Å². The highest BCUT2D eigenvalue weighted by Gasteiger charge is 2.19. The van der Waals surface area contributed by atoms with Crippen LogP contribution in [-0.2, 0) is 18.6 Å². The van der Waals surface area contributed by atoms with Crippen LogP contribution in [0.5, 0.6) is 0 Å². The van der Waals surface area contributed by atoms with E-state index in [9.17, 15) is 4.79 Å². The average molecular weight is 356 g/mol. The number of carboxylic acids is 1. The maximum absolute atomic E-state index is 11.1. The minimum absolute atomic E-state index is 0.0153. The molecule has 1 aromatic carbocycles. The Bertz CT molecular complexity index is 755. The van der Waals surface area contributed by atoms with Crippen LogP contribution in [0.4, 0.5) is 0 Å². The molecule has 140 valence electrons. The van der Waals surface area contributed by atoms with Crippen molar-refractivity contribution in [3.8, 4) is 0 Å². The van der Waals surface area contributed by atoms with Gasteiger partial charge in [0.2, 0.25) is 0 Å². The van der Waals surface area contributed by atoms with E-state index in [1.165, 1.54) is 5.56 Å². The summed E-state index contributed by atoms with van der Waals surface area (Å²) in [5, 5.41) is 13.6. The Balaban J connectivity index is 1.51. The van der Waals surface area contributed by atoms with Gasteiger partial charge in [-0.15, -0.1) is 0 Å². The SMILES string of the molecule is CC(C)(C)n1cc(CN2CCN(Cc3cccc(C(=O)O)c3)CC2)cn1. The first-order valence-electron chi connectivity index (χ1n) is 9.12. The zero-order valence-electron chi connectivity index (χ0n) is 15.9. The monoisotopic (exact) mass is 356 g/mol. The van der Waals surface area contributed by atoms with Crippen LogP contribution in [0.1, 0.15) is 42.3 Å². The van der Waals surface area contributed by atoms with Crippen LogP contribution in [-0.4, -0.2) is 56.8 Å². The molecular formula is C20H28N4O2. The second-order valence-corrected chi connectivity index (χ2v) is 8.02. The number of aromatic nitrogens is 2. The molecule has 6 nitrogen and oxygen atoms in total. The normalized spacial score (nSPS) is 16.7. The van der Waals surface area contributed by atoms with Crippen molar-refractivity contribution in [2.75, 3.05) is 26.2 Å². The highest BCUT2D eigenvalue weighted by molar-refractivity contribution is 5.87. The van der Waals surface area contributed by atoms with Gasteiger partial charge in [0.25, 0.3) is 0 Å². The molecule has 0 unspecified atom stereocenters. The fourth-order valence-electron chi connectivity index (χ4n) is 3.23. The molecular weight excluding hydrogens is 328 g/mol.